The predicted molar refractivity (Wildman–Crippen MR) is 207 cm³/mol. The number of hydrogen-bond acceptors (Lipinski definition) is 7. The average molecular weight is 759 g/mol. The highest BCUT2D eigenvalue weighted by atomic mass is 35.5. The zero-order valence-electron chi connectivity index (χ0n) is 30.3. The number of nitrogens with zero attached hydrogens (tertiary/aromatic N) is 5. The third-order valence-corrected chi connectivity index (χ3v) is 11.9. The molecule has 0 spiro atoms. The van der Waals surface area contributed by atoms with Gasteiger partial charge in [0.2, 0.25) is 0 Å². The van der Waals surface area contributed by atoms with Crippen molar-refractivity contribution >= 4 is 52.4 Å². The lowest BCUT2D eigenvalue weighted by Gasteiger charge is -2.33. The number of hydrogen-bond donors (Lipinski definition) is 3. The Morgan fingerprint density at radius 3 is 2.19 bits per heavy atom. The molecule has 4 heterocycles. The maximum Gasteiger partial charge on any atom is 0.306 e. The quantitative estimate of drug-likeness (QED) is 0.162. The molecule has 1 aliphatic carbocycles. The van der Waals surface area contributed by atoms with Gasteiger partial charge in [0.05, 0.1) is 33.0 Å². The first-order chi connectivity index (χ1) is 25.5. The fourth-order valence-corrected chi connectivity index (χ4v) is 8.51. The van der Waals surface area contributed by atoms with Crippen LogP contribution in [0.1, 0.15) is 83.2 Å². The van der Waals surface area contributed by atoms with Crippen LogP contribution in [0, 0.1) is 11.8 Å². The van der Waals surface area contributed by atoms with Gasteiger partial charge in [0.1, 0.15) is 5.69 Å². The first kappa shape index (κ1) is 37.0. The number of benzene rings is 2. The molecule has 1 saturated carbocycles. The molecular formula is C40H45Cl2N7O4. The molecule has 3 N–H and O–H groups in total. The Kier molecular flexibility index (Phi) is 10.9. The van der Waals surface area contributed by atoms with Crippen LogP contribution in [0.2, 0.25) is 10.0 Å². The Labute approximate surface area is 319 Å². The van der Waals surface area contributed by atoms with E-state index in [2.05, 4.69) is 39.3 Å². The molecule has 4 aromatic rings. The van der Waals surface area contributed by atoms with E-state index in [1.807, 2.05) is 29.8 Å². The number of halogens is 2. The molecule has 0 saturated heterocycles. The van der Waals surface area contributed by atoms with Gasteiger partial charge < -0.3 is 20.3 Å². The van der Waals surface area contributed by atoms with Crippen molar-refractivity contribution in [3.63, 3.8) is 0 Å². The van der Waals surface area contributed by atoms with Gasteiger partial charge in [0.15, 0.2) is 5.82 Å². The molecule has 2 aliphatic heterocycles. The molecule has 0 atom stereocenters. The van der Waals surface area contributed by atoms with E-state index in [-0.39, 0.29) is 17.7 Å². The highest BCUT2D eigenvalue weighted by Crippen LogP contribution is 2.40. The molecule has 0 radical (unpaired) electrons. The Bertz CT molecular complexity index is 2060. The first-order valence-electron chi connectivity index (χ1n) is 18.4. The Morgan fingerprint density at radius 2 is 1.55 bits per heavy atom. The molecule has 13 heteroatoms. The van der Waals surface area contributed by atoms with Crippen molar-refractivity contribution in [1.82, 2.24) is 24.3 Å². The lowest BCUT2D eigenvalue weighted by atomic mass is 9.81. The van der Waals surface area contributed by atoms with Crippen LogP contribution in [0.25, 0.3) is 11.1 Å². The number of aliphatic carboxylic acids is 1. The van der Waals surface area contributed by atoms with Crippen LogP contribution in [-0.2, 0) is 37.8 Å². The van der Waals surface area contributed by atoms with Crippen molar-refractivity contribution in [2.45, 2.75) is 71.5 Å². The van der Waals surface area contributed by atoms with Crippen LogP contribution in [0.3, 0.4) is 0 Å². The van der Waals surface area contributed by atoms with Crippen molar-refractivity contribution < 1.29 is 19.5 Å². The summed E-state index contributed by atoms with van der Waals surface area (Å²) in [6, 6.07) is 13.0. The highest BCUT2D eigenvalue weighted by Gasteiger charge is 2.30. The van der Waals surface area contributed by atoms with Gasteiger partial charge in [-0.3, -0.25) is 29.2 Å². The fraction of sp³-hybridized carbons (Fsp3) is 0.425. The second kappa shape index (κ2) is 15.6. The number of carboxylic acid groups (broad SMARTS) is 1. The number of nitrogens with one attached hydrogen (secondary N) is 2. The van der Waals surface area contributed by atoms with Gasteiger partial charge in [-0.2, -0.15) is 0 Å². The van der Waals surface area contributed by atoms with Crippen molar-refractivity contribution in [2.75, 3.05) is 30.3 Å². The monoisotopic (exact) mass is 757 g/mol. The standard InChI is InChI=1S/C40H45Cl2N7O4/c1-23(2)49-17-14-26-18-32(43-19-27(26)21-49)38(50)45-30-8-4-6-28(35(30)41)29-7-5-9-31(36(29)42)46-39(51)37-44-33-22-48(16-15-34(33)47(37)3)20-24-10-12-25(13-11-24)40(52)53/h4-9,18-19,23-25H,10-17,20-22H2,1-3H3,(H,45,50)(H,46,51)(H,52,53)/t24-,25-. The molecule has 2 amide bonds. The topological polar surface area (TPSA) is 133 Å². The summed E-state index contributed by atoms with van der Waals surface area (Å²) in [4.78, 5) is 52.3. The number of pyridine rings is 1. The van der Waals surface area contributed by atoms with Crippen LogP contribution in [-0.4, -0.2) is 72.9 Å². The van der Waals surface area contributed by atoms with E-state index in [0.29, 0.717) is 62.6 Å². The van der Waals surface area contributed by atoms with E-state index in [1.54, 1.807) is 30.5 Å². The number of anilines is 2. The lowest BCUT2D eigenvalue weighted by Crippen LogP contribution is -2.36. The highest BCUT2D eigenvalue weighted by molar-refractivity contribution is 6.40. The molecule has 2 aromatic carbocycles. The summed E-state index contributed by atoms with van der Waals surface area (Å²) in [5.41, 5.74) is 6.55. The number of carbonyl (C=O) groups is 3. The molecule has 0 unspecified atom stereocenters. The molecule has 11 nitrogen and oxygen atoms in total. The molecule has 1 fully saturated rings. The summed E-state index contributed by atoms with van der Waals surface area (Å²) in [6.07, 6.45) is 6.74. The minimum absolute atomic E-state index is 0.222. The van der Waals surface area contributed by atoms with E-state index in [9.17, 15) is 19.5 Å². The molecule has 278 valence electrons. The summed E-state index contributed by atoms with van der Waals surface area (Å²) in [7, 11) is 1.86. The van der Waals surface area contributed by atoms with Gasteiger partial charge in [-0.05, 0) is 81.2 Å². The van der Waals surface area contributed by atoms with Crippen LogP contribution in [0.5, 0.6) is 0 Å². The Morgan fingerprint density at radius 1 is 0.887 bits per heavy atom. The van der Waals surface area contributed by atoms with E-state index < -0.39 is 5.97 Å². The van der Waals surface area contributed by atoms with Crippen LogP contribution >= 0.6 is 23.2 Å². The van der Waals surface area contributed by atoms with Gasteiger partial charge in [0, 0.05) is 75.3 Å². The van der Waals surface area contributed by atoms with E-state index in [4.69, 9.17) is 28.2 Å². The molecule has 7 rings (SSSR count). The summed E-state index contributed by atoms with van der Waals surface area (Å²) >= 11 is 13.8. The predicted octanol–water partition coefficient (Wildman–Crippen LogP) is 7.31. The normalized spacial score (nSPS) is 19.1. The Hall–Kier alpha value is -4.29. The molecule has 0 bridgehead atoms. The van der Waals surface area contributed by atoms with Crippen LogP contribution in [0.15, 0.2) is 48.7 Å². The number of amides is 2. The summed E-state index contributed by atoms with van der Waals surface area (Å²) in [5, 5.41) is 15.8. The number of carbonyl (C=O) groups excluding carboxylic acids is 2. The zero-order valence-corrected chi connectivity index (χ0v) is 31.8. The number of rotatable bonds is 9. The number of carboxylic acids is 1. The van der Waals surface area contributed by atoms with Gasteiger partial charge in [-0.25, -0.2) is 4.98 Å². The average Bonchev–Trinajstić information content (AvgIpc) is 3.48. The Balaban J connectivity index is 1.02. The number of fused-ring (bicyclic) bond motifs is 2. The van der Waals surface area contributed by atoms with Crippen molar-refractivity contribution in [3.05, 3.63) is 92.7 Å². The summed E-state index contributed by atoms with van der Waals surface area (Å²) in [5.74, 6) is -0.859. The van der Waals surface area contributed by atoms with E-state index in [0.717, 1.165) is 87.2 Å². The maximum absolute atomic E-state index is 13.7. The van der Waals surface area contributed by atoms with Crippen LogP contribution in [0.4, 0.5) is 11.4 Å². The third-order valence-electron chi connectivity index (χ3n) is 11.1. The minimum Gasteiger partial charge on any atom is -0.481 e. The van der Waals surface area contributed by atoms with E-state index in [1.165, 1.54) is 0 Å². The summed E-state index contributed by atoms with van der Waals surface area (Å²) < 4.78 is 1.86. The van der Waals surface area contributed by atoms with Crippen molar-refractivity contribution in [1.29, 1.82) is 0 Å². The van der Waals surface area contributed by atoms with Crippen molar-refractivity contribution in [2.24, 2.45) is 18.9 Å². The molecular weight excluding hydrogens is 713 g/mol. The molecule has 53 heavy (non-hydrogen) atoms. The van der Waals surface area contributed by atoms with E-state index >= 15 is 0 Å². The molecule has 3 aliphatic rings. The van der Waals surface area contributed by atoms with Gasteiger partial charge >= 0.3 is 5.97 Å². The SMILES string of the molecule is CC(C)N1CCc2cc(C(=O)Nc3cccc(-c4cccc(NC(=O)c5nc6c(n5C)CCN(C[C@H]5CC[C@H](C(=O)O)CC5)C6)c4Cl)c3Cl)ncc2C1. The number of aromatic nitrogens is 3. The first-order valence-corrected chi connectivity index (χ1v) is 19.1. The smallest absolute Gasteiger partial charge is 0.306 e. The second-order valence-electron chi connectivity index (χ2n) is 14.8. The van der Waals surface area contributed by atoms with Crippen LogP contribution < -0.4 is 10.6 Å². The van der Waals surface area contributed by atoms with Crippen molar-refractivity contribution in [3.8, 4) is 11.1 Å². The van der Waals surface area contributed by atoms with Gasteiger partial charge in [-0.1, -0.05) is 47.5 Å². The van der Waals surface area contributed by atoms with Gasteiger partial charge in [-0.15, -0.1) is 0 Å². The number of imidazole rings is 1. The fourth-order valence-electron chi connectivity index (χ4n) is 7.96. The lowest BCUT2D eigenvalue weighted by molar-refractivity contribution is -0.143. The minimum atomic E-state index is -0.685. The summed E-state index contributed by atoms with van der Waals surface area (Å²) in [6.45, 7) is 8.53. The maximum atomic E-state index is 13.7. The molecule has 2 aromatic heterocycles. The third kappa shape index (κ3) is 7.85. The zero-order chi connectivity index (χ0) is 37.4. The van der Waals surface area contributed by atoms with Gasteiger partial charge in [0.25, 0.3) is 11.8 Å². The second-order valence-corrected chi connectivity index (χ2v) is 15.6. The largest absolute Gasteiger partial charge is 0.481 e.